The molecule has 2 N–H and O–H groups in total. The highest BCUT2D eigenvalue weighted by molar-refractivity contribution is 5.75. The van der Waals surface area contributed by atoms with Crippen LogP contribution in [0.3, 0.4) is 0 Å². The summed E-state index contributed by atoms with van der Waals surface area (Å²) in [7, 11) is 0. The van der Waals surface area contributed by atoms with Gasteiger partial charge in [0.1, 0.15) is 0 Å². The molecule has 5 heteroatoms. The van der Waals surface area contributed by atoms with Crippen molar-refractivity contribution in [2.45, 2.75) is 26.2 Å². The van der Waals surface area contributed by atoms with Gasteiger partial charge in [0.15, 0.2) is 0 Å². The van der Waals surface area contributed by atoms with E-state index in [0.29, 0.717) is 12.5 Å². The number of carbonyl (C=O) groups is 1. The molecule has 14 heavy (non-hydrogen) atoms. The van der Waals surface area contributed by atoms with Crippen molar-refractivity contribution in [2.75, 3.05) is 13.1 Å². The Balaban J connectivity index is 2.19. The molecular weight excluding hydrogens is 192 g/mol. The van der Waals surface area contributed by atoms with Crippen LogP contribution in [0.5, 0.6) is 0 Å². The first-order chi connectivity index (χ1) is 6.26. The first-order valence-electron chi connectivity index (χ1n) is 4.58. The molecule has 1 saturated carbocycles. The lowest BCUT2D eigenvalue weighted by molar-refractivity contribution is -0.164. The third-order valence-electron chi connectivity index (χ3n) is 2.77. The van der Waals surface area contributed by atoms with E-state index in [-0.39, 0.29) is 5.41 Å². The van der Waals surface area contributed by atoms with E-state index in [4.69, 9.17) is 5.11 Å². The van der Waals surface area contributed by atoms with Crippen LogP contribution in [0.15, 0.2) is 0 Å². The van der Waals surface area contributed by atoms with Gasteiger partial charge in [0, 0.05) is 0 Å². The number of carboxylic acid groups (broad SMARTS) is 1. The maximum Gasteiger partial charge on any atom is 0.375 e. The zero-order valence-electron chi connectivity index (χ0n) is 8.31. The first-order valence-corrected chi connectivity index (χ1v) is 4.58. The minimum Gasteiger partial charge on any atom is -0.477 e. The van der Waals surface area contributed by atoms with Crippen LogP contribution in [0.4, 0.5) is 8.78 Å². The van der Waals surface area contributed by atoms with Gasteiger partial charge in [0.2, 0.25) is 0 Å². The largest absolute Gasteiger partial charge is 0.477 e. The minimum absolute atomic E-state index is 0.228. The monoisotopic (exact) mass is 207 g/mol. The lowest BCUT2D eigenvalue weighted by Crippen LogP contribution is -2.40. The molecule has 0 aromatic carbocycles. The second-order valence-electron chi connectivity index (χ2n) is 4.53. The SMILES string of the molecule is CC1(C)CC1CNCC(F)(F)C(=O)O. The van der Waals surface area contributed by atoms with E-state index < -0.39 is 18.4 Å². The van der Waals surface area contributed by atoms with Crippen molar-refractivity contribution in [1.29, 1.82) is 0 Å². The van der Waals surface area contributed by atoms with Gasteiger partial charge < -0.3 is 10.4 Å². The fourth-order valence-electron chi connectivity index (χ4n) is 1.40. The van der Waals surface area contributed by atoms with Crippen LogP contribution in [0.25, 0.3) is 0 Å². The molecule has 1 rings (SSSR count). The van der Waals surface area contributed by atoms with Gasteiger partial charge in [0.05, 0.1) is 6.54 Å². The molecule has 0 radical (unpaired) electrons. The summed E-state index contributed by atoms with van der Waals surface area (Å²) >= 11 is 0. The molecular formula is C9H15F2NO2. The smallest absolute Gasteiger partial charge is 0.375 e. The molecule has 0 saturated heterocycles. The minimum atomic E-state index is -3.65. The third kappa shape index (κ3) is 2.64. The van der Waals surface area contributed by atoms with Crippen molar-refractivity contribution in [3.63, 3.8) is 0 Å². The summed E-state index contributed by atoms with van der Waals surface area (Å²) in [4.78, 5) is 10.0. The lowest BCUT2D eigenvalue weighted by atomic mass is 10.1. The molecule has 0 aromatic heterocycles. The molecule has 3 nitrogen and oxygen atoms in total. The fraction of sp³-hybridized carbons (Fsp3) is 0.889. The van der Waals surface area contributed by atoms with Crippen molar-refractivity contribution >= 4 is 5.97 Å². The fourth-order valence-corrected chi connectivity index (χ4v) is 1.40. The molecule has 1 fully saturated rings. The summed E-state index contributed by atoms with van der Waals surface area (Å²) in [6.45, 7) is 3.81. The number of alkyl halides is 2. The van der Waals surface area contributed by atoms with Crippen LogP contribution in [0.1, 0.15) is 20.3 Å². The van der Waals surface area contributed by atoms with Crippen LogP contribution >= 0.6 is 0 Å². The molecule has 1 aliphatic carbocycles. The van der Waals surface area contributed by atoms with E-state index in [1.807, 2.05) is 0 Å². The Labute approximate surface area is 81.5 Å². The number of hydrogen-bond acceptors (Lipinski definition) is 2. The molecule has 0 bridgehead atoms. The van der Waals surface area contributed by atoms with E-state index >= 15 is 0 Å². The molecule has 0 spiro atoms. The van der Waals surface area contributed by atoms with Crippen molar-refractivity contribution in [3.05, 3.63) is 0 Å². The Kier molecular flexibility index (Phi) is 2.81. The second kappa shape index (κ2) is 3.46. The van der Waals surface area contributed by atoms with Crippen LogP contribution < -0.4 is 5.32 Å². The maximum absolute atomic E-state index is 12.5. The molecule has 1 unspecified atom stereocenters. The standard InChI is InChI=1S/C9H15F2NO2/c1-8(2)3-6(8)4-12-5-9(10,11)7(13)14/h6,12H,3-5H2,1-2H3,(H,13,14). The number of carboxylic acids is 1. The maximum atomic E-state index is 12.5. The van der Waals surface area contributed by atoms with Gasteiger partial charge in [-0.1, -0.05) is 13.8 Å². The highest BCUT2D eigenvalue weighted by Gasteiger charge is 2.46. The van der Waals surface area contributed by atoms with E-state index in [9.17, 15) is 13.6 Å². The quantitative estimate of drug-likeness (QED) is 0.715. The third-order valence-corrected chi connectivity index (χ3v) is 2.77. The van der Waals surface area contributed by atoms with Crippen LogP contribution in [0.2, 0.25) is 0 Å². The summed E-state index contributed by atoms with van der Waals surface area (Å²) in [5.74, 6) is -5.33. The van der Waals surface area contributed by atoms with E-state index in [0.717, 1.165) is 6.42 Å². The molecule has 0 aromatic rings. The van der Waals surface area contributed by atoms with E-state index in [1.165, 1.54) is 0 Å². The van der Waals surface area contributed by atoms with Gasteiger partial charge in [0.25, 0.3) is 0 Å². The number of rotatable bonds is 5. The van der Waals surface area contributed by atoms with Crippen LogP contribution in [-0.2, 0) is 4.79 Å². The van der Waals surface area contributed by atoms with Gasteiger partial charge in [-0.15, -0.1) is 0 Å². The van der Waals surface area contributed by atoms with Crippen molar-refractivity contribution in [3.8, 4) is 0 Å². The summed E-state index contributed by atoms with van der Waals surface area (Å²) in [5.41, 5.74) is 0.228. The highest BCUT2D eigenvalue weighted by atomic mass is 19.3. The van der Waals surface area contributed by atoms with Crippen LogP contribution in [-0.4, -0.2) is 30.1 Å². The Morgan fingerprint density at radius 1 is 1.64 bits per heavy atom. The van der Waals surface area contributed by atoms with Crippen molar-refractivity contribution in [2.24, 2.45) is 11.3 Å². The van der Waals surface area contributed by atoms with Crippen molar-refractivity contribution in [1.82, 2.24) is 5.32 Å². The highest BCUT2D eigenvalue weighted by Crippen LogP contribution is 2.50. The number of halogens is 2. The second-order valence-corrected chi connectivity index (χ2v) is 4.53. The van der Waals surface area contributed by atoms with Crippen molar-refractivity contribution < 1.29 is 18.7 Å². The van der Waals surface area contributed by atoms with Gasteiger partial charge in [-0.2, -0.15) is 8.78 Å². The van der Waals surface area contributed by atoms with E-state index in [1.54, 1.807) is 0 Å². The number of nitrogens with one attached hydrogen (secondary N) is 1. The van der Waals surface area contributed by atoms with Gasteiger partial charge in [-0.05, 0) is 24.3 Å². The summed E-state index contributed by atoms with van der Waals surface area (Å²) in [6.07, 6.45) is 1.01. The Bertz CT molecular complexity index is 241. The summed E-state index contributed by atoms with van der Waals surface area (Å²) in [5, 5.41) is 10.6. The summed E-state index contributed by atoms with van der Waals surface area (Å²) in [6, 6.07) is 0. The Morgan fingerprint density at radius 2 is 2.14 bits per heavy atom. The predicted octanol–water partition coefficient (Wildman–Crippen LogP) is 1.34. The Morgan fingerprint density at radius 3 is 2.50 bits per heavy atom. The average molecular weight is 207 g/mol. The zero-order valence-corrected chi connectivity index (χ0v) is 8.31. The summed E-state index contributed by atoms with van der Waals surface area (Å²) < 4.78 is 25.1. The molecule has 1 aliphatic rings. The number of aliphatic carboxylic acids is 1. The van der Waals surface area contributed by atoms with Gasteiger partial charge >= 0.3 is 11.9 Å². The number of hydrogen-bond donors (Lipinski definition) is 2. The lowest BCUT2D eigenvalue weighted by Gasteiger charge is -2.12. The molecule has 82 valence electrons. The molecule has 0 aliphatic heterocycles. The van der Waals surface area contributed by atoms with Gasteiger partial charge in [-0.25, -0.2) is 4.79 Å². The average Bonchev–Trinajstić information content (AvgIpc) is 2.58. The van der Waals surface area contributed by atoms with Crippen LogP contribution in [0, 0.1) is 11.3 Å². The topological polar surface area (TPSA) is 49.3 Å². The normalized spacial score (nSPS) is 24.7. The Hall–Kier alpha value is -0.710. The zero-order chi connectivity index (χ0) is 11.0. The predicted molar refractivity (Wildman–Crippen MR) is 47.3 cm³/mol. The van der Waals surface area contributed by atoms with Gasteiger partial charge in [-0.3, -0.25) is 0 Å². The first kappa shape index (κ1) is 11.4. The molecule has 1 atom stereocenters. The molecule has 0 amide bonds. The molecule has 0 heterocycles. The van der Waals surface area contributed by atoms with E-state index in [2.05, 4.69) is 19.2 Å².